The minimum absolute atomic E-state index is 0.131. The number of nitrogens with one attached hydrogen (secondary N) is 2. The number of sulfonamides is 1. The molecule has 3 rings (SSSR count). The molecule has 0 aromatic heterocycles. The van der Waals surface area contributed by atoms with Gasteiger partial charge in [-0.25, -0.2) is 8.42 Å². The number of carbonyl (C=O) groups excluding carboxylic acids is 1. The van der Waals surface area contributed by atoms with Crippen LogP contribution in [0.5, 0.6) is 0 Å². The molecule has 0 radical (unpaired) electrons. The molecule has 150 valence electrons. The van der Waals surface area contributed by atoms with E-state index in [1.54, 1.807) is 33.5 Å². The first-order valence-electron chi connectivity index (χ1n) is 10.1. The summed E-state index contributed by atoms with van der Waals surface area (Å²) in [7, 11) is -3.47. The van der Waals surface area contributed by atoms with Crippen LogP contribution in [0.2, 0.25) is 0 Å². The molecule has 2 aliphatic rings. The van der Waals surface area contributed by atoms with Gasteiger partial charge in [-0.05, 0) is 49.9 Å². The van der Waals surface area contributed by atoms with E-state index in [9.17, 15) is 13.2 Å². The lowest BCUT2D eigenvalue weighted by Gasteiger charge is -2.29. The van der Waals surface area contributed by atoms with Crippen molar-refractivity contribution in [1.29, 1.82) is 0 Å². The number of amides is 1. The lowest BCUT2D eigenvalue weighted by Crippen LogP contribution is -3.14. The van der Waals surface area contributed by atoms with Gasteiger partial charge in [-0.2, -0.15) is 4.31 Å². The summed E-state index contributed by atoms with van der Waals surface area (Å²) in [5.74, 6) is 0.445. The van der Waals surface area contributed by atoms with Gasteiger partial charge in [-0.3, -0.25) is 4.79 Å². The van der Waals surface area contributed by atoms with Gasteiger partial charge in [0.25, 0.3) is 5.91 Å². The number of piperidine rings is 1. The fourth-order valence-corrected chi connectivity index (χ4v) is 5.64. The highest BCUT2D eigenvalue weighted by Crippen LogP contribution is 2.23. The Kier molecular flexibility index (Phi) is 6.55. The number of rotatable bonds is 6. The third-order valence-corrected chi connectivity index (χ3v) is 8.00. The Bertz CT molecular complexity index is 740. The molecule has 2 N–H and O–H groups in total. The number of nitrogens with zero attached hydrogens (tertiary/aromatic N) is 1. The van der Waals surface area contributed by atoms with Crippen LogP contribution in [0.1, 0.15) is 49.9 Å². The van der Waals surface area contributed by atoms with E-state index in [-0.39, 0.29) is 10.8 Å². The molecule has 1 unspecified atom stereocenters. The minimum atomic E-state index is -3.47. The first kappa shape index (κ1) is 20.3. The fourth-order valence-electron chi connectivity index (χ4n) is 4.17. The predicted octanol–water partition coefficient (Wildman–Crippen LogP) is 0.904. The van der Waals surface area contributed by atoms with E-state index in [0.29, 0.717) is 37.2 Å². The SMILES string of the molecule is CC[NH+]1CCC[C@H]1CNC(=O)c1ccc(S(=O)(=O)N2CCC(C)CC2)cc1. The summed E-state index contributed by atoms with van der Waals surface area (Å²) in [5, 5.41) is 3.01. The number of hydrogen-bond donors (Lipinski definition) is 2. The zero-order chi connectivity index (χ0) is 19.4. The summed E-state index contributed by atoms with van der Waals surface area (Å²) in [6.45, 7) is 8.42. The monoisotopic (exact) mass is 394 g/mol. The van der Waals surface area contributed by atoms with Gasteiger partial charge >= 0.3 is 0 Å². The molecule has 2 heterocycles. The molecule has 27 heavy (non-hydrogen) atoms. The Balaban J connectivity index is 1.60. The van der Waals surface area contributed by atoms with Gasteiger partial charge in [0.15, 0.2) is 0 Å². The summed E-state index contributed by atoms with van der Waals surface area (Å²) in [5.41, 5.74) is 0.511. The van der Waals surface area contributed by atoms with Crippen molar-refractivity contribution in [3.63, 3.8) is 0 Å². The van der Waals surface area contributed by atoms with E-state index >= 15 is 0 Å². The average Bonchev–Trinajstić information content (AvgIpc) is 3.14. The molecule has 6 nitrogen and oxygen atoms in total. The van der Waals surface area contributed by atoms with Gasteiger partial charge < -0.3 is 10.2 Å². The van der Waals surface area contributed by atoms with E-state index in [2.05, 4.69) is 19.2 Å². The number of likely N-dealkylation sites (tertiary alicyclic amines) is 1. The minimum Gasteiger partial charge on any atom is -0.346 e. The number of quaternary nitrogens is 1. The second kappa shape index (κ2) is 8.71. The van der Waals surface area contributed by atoms with Gasteiger partial charge in [0.05, 0.1) is 24.5 Å². The van der Waals surface area contributed by atoms with Crippen molar-refractivity contribution in [2.45, 2.75) is 50.5 Å². The highest BCUT2D eigenvalue weighted by atomic mass is 32.2. The summed E-state index contributed by atoms with van der Waals surface area (Å²) in [6, 6.07) is 6.84. The first-order valence-corrected chi connectivity index (χ1v) is 11.6. The number of benzene rings is 1. The molecule has 2 aliphatic heterocycles. The van der Waals surface area contributed by atoms with Gasteiger partial charge in [-0.1, -0.05) is 6.92 Å². The first-order chi connectivity index (χ1) is 12.9. The molecule has 2 atom stereocenters. The number of likely N-dealkylation sites (N-methyl/N-ethyl adjacent to an activating group) is 1. The van der Waals surface area contributed by atoms with Crippen LogP contribution in [0.15, 0.2) is 29.2 Å². The van der Waals surface area contributed by atoms with E-state index in [4.69, 9.17) is 0 Å². The van der Waals surface area contributed by atoms with E-state index in [0.717, 1.165) is 25.8 Å². The quantitative estimate of drug-likeness (QED) is 0.753. The molecule has 0 saturated carbocycles. The van der Waals surface area contributed by atoms with Gasteiger partial charge in [0, 0.05) is 31.5 Å². The highest BCUT2D eigenvalue weighted by Gasteiger charge is 2.29. The van der Waals surface area contributed by atoms with Crippen molar-refractivity contribution >= 4 is 15.9 Å². The third kappa shape index (κ3) is 4.70. The van der Waals surface area contributed by atoms with Gasteiger partial charge in [0.1, 0.15) is 6.04 Å². The van der Waals surface area contributed by atoms with Crippen LogP contribution in [-0.2, 0) is 10.0 Å². The largest absolute Gasteiger partial charge is 0.346 e. The molecule has 2 saturated heterocycles. The maximum absolute atomic E-state index is 12.8. The molecule has 7 heteroatoms. The van der Waals surface area contributed by atoms with Crippen molar-refractivity contribution in [2.24, 2.45) is 5.92 Å². The Morgan fingerprint density at radius 2 is 1.85 bits per heavy atom. The van der Waals surface area contributed by atoms with Crippen molar-refractivity contribution in [1.82, 2.24) is 9.62 Å². The molecule has 1 aromatic rings. The zero-order valence-corrected chi connectivity index (χ0v) is 17.2. The molecule has 0 aliphatic carbocycles. The summed E-state index contributed by atoms with van der Waals surface area (Å²) in [6.07, 6.45) is 4.16. The smallest absolute Gasteiger partial charge is 0.251 e. The Morgan fingerprint density at radius 3 is 2.48 bits per heavy atom. The normalized spacial score (nSPS) is 24.8. The van der Waals surface area contributed by atoms with Crippen LogP contribution in [0.25, 0.3) is 0 Å². The number of carbonyl (C=O) groups is 1. The molecule has 0 bridgehead atoms. The van der Waals surface area contributed by atoms with E-state index in [1.165, 1.54) is 13.0 Å². The molecule has 1 amide bonds. The van der Waals surface area contributed by atoms with E-state index in [1.807, 2.05) is 0 Å². The van der Waals surface area contributed by atoms with Crippen LogP contribution in [0.4, 0.5) is 0 Å². The van der Waals surface area contributed by atoms with E-state index < -0.39 is 10.0 Å². The average molecular weight is 395 g/mol. The predicted molar refractivity (Wildman–Crippen MR) is 105 cm³/mol. The van der Waals surface area contributed by atoms with Gasteiger partial charge in [-0.15, -0.1) is 0 Å². The van der Waals surface area contributed by atoms with Crippen LogP contribution < -0.4 is 10.2 Å². The maximum Gasteiger partial charge on any atom is 0.251 e. The second-order valence-corrected chi connectivity index (χ2v) is 9.86. The maximum atomic E-state index is 12.8. The molecule has 1 aromatic carbocycles. The highest BCUT2D eigenvalue weighted by molar-refractivity contribution is 7.89. The Hall–Kier alpha value is -1.44. The van der Waals surface area contributed by atoms with Crippen molar-refractivity contribution in [3.8, 4) is 0 Å². The molecule has 0 spiro atoms. The zero-order valence-electron chi connectivity index (χ0n) is 16.4. The standard InChI is InChI=1S/C20H31N3O3S/c1-3-22-12-4-5-18(22)15-21-20(24)17-6-8-19(9-7-17)27(25,26)23-13-10-16(2)11-14-23/h6-9,16,18H,3-5,10-15H2,1-2H3,(H,21,24)/p+1/t18-/m0/s1. The van der Waals surface area contributed by atoms with Crippen LogP contribution in [0, 0.1) is 5.92 Å². The topological polar surface area (TPSA) is 70.9 Å². The molecular formula is C20H32N3O3S+. The van der Waals surface area contributed by atoms with Crippen molar-refractivity contribution < 1.29 is 18.1 Å². The second-order valence-electron chi connectivity index (χ2n) is 7.92. The van der Waals surface area contributed by atoms with Crippen molar-refractivity contribution in [3.05, 3.63) is 29.8 Å². The third-order valence-electron chi connectivity index (χ3n) is 6.09. The Morgan fingerprint density at radius 1 is 1.19 bits per heavy atom. The number of hydrogen-bond acceptors (Lipinski definition) is 3. The van der Waals surface area contributed by atoms with Crippen molar-refractivity contribution in [2.75, 3.05) is 32.7 Å². The lowest BCUT2D eigenvalue weighted by atomic mass is 10.0. The lowest BCUT2D eigenvalue weighted by molar-refractivity contribution is -0.909. The fraction of sp³-hybridized carbons (Fsp3) is 0.650. The summed E-state index contributed by atoms with van der Waals surface area (Å²) in [4.78, 5) is 14.2. The Labute approximate surface area is 163 Å². The molecule has 2 fully saturated rings. The molecular weight excluding hydrogens is 362 g/mol. The van der Waals surface area contributed by atoms with Gasteiger partial charge in [0.2, 0.25) is 10.0 Å². The van der Waals surface area contributed by atoms with Crippen LogP contribution in [0.3, 0.4) is 0 Å². The summed E-state index contributed by atoms with van der Waals surface area (Å²) < 4.78 is 27.1. The van der Waals surface area contributed by atoms with Crippen LogP contribution >= 0.6 is 0 Å². The van der Waals surface area contributed by atoms with Crippen LogP contribution in [-0.4, -0.2) is 57.4 Å². The summed E-state index contributed by atoms with van der Waals surface area (Å²) >= 11 is 0.